The summed E-state index contributed by atoms with van der Waals surface area (Å²) in [4.78, 5) is 33.5. The summed E-state index contributed by atoms with van der Waals surface area (Å²) >= 11 is 0. The predicted molar refractivity (Wildman–Crippen MR) is 81.4 cm³/mol. The van der Waals surface area contributed by atoms with E-state index in [9.17, 15) is 4.79 Å². The Morgan fingerprint density at radius 3 is 1.43 bits per heavy atom. The maximum atomic E-state index is 11.7. The van der Waals surface area contributed by atoms with Crippen LogP contribution >= 0.6 is 0 Å². The van der Waals surface area contributed by atoms with Gasteiger partial charge in [-0.3, -0.25) is 4.79 Å². The first-order valence-electron chi connectivity index (χ1n) is 7.74. The molecule has 0 unspecified atom stereocenters. The molecule has 0 spiro atoms. The minimum atomic E-state index is -1.26. The molecule has 0 radical (unpaired) electrons. The Morgan fingerprint density at radius 2 is 1.14 bits per heavy atom. The molecule has 0 aliphatic heterocycles. The van der Waals surface area contributed by atoms with E-state index in [1.807, 2.05) is 41.5 Å². The minimum Gasteiger partial charge on any atom is -0.300 e. The molecule has 0 saturated carbocycles. The van der Waals surface area contributed by atoms with Gasteiger partial charge in [-0.15, -0.1) is 0 Å². The van der Waals surface area contributed by atoms with Gasteiger partial charge in [0.05, 0.1) is 17.6 Å². The van der Waals surface area contributed by atoms with Gasteiger partial charge < -0.3 is 0 Å². The van der Waals surface area contributed by atoms with Crippen molar-refractivity contribution in [2.75, 3.05) is 0 Å². The zero-order chi connectivity index (χ0) is 16.7. The van der Waals surface area contributed by atoms with Crippen LogP contribution < -0.4 is 0 Å². The maximum Gasteiger partial charge on any atom is 0.238 e. The van der Waals surface area contributed by atoms with Crippen LogP contribution in [0.2, 0.25) is 0 Å². The average Bonchev–Trinajstić information content (AvgIpc) is 2.43. The highest BCUT2D eigenvalue weighted by molar-refractivity contribution is 5.78. The number of rotatable bonds is 11. The van der Waals surface area contributed by atoms with Crippen LogP contribution in [0.1, 0.15) is 81.1 Å². The topological polar surface area (TPSA) is 54.0 Å². The Balaban J connectivity index is 4.80. The van der Waals surface area contributed by atoms with Gasteiger partial charge >= 0.3 is 0 Å². The Morgan fingerprint density at radius 1 is 0.762 bits per heavy atom. The highest BCUT2D eigenvalue weighted by atomic mass is 17.3. The zero-order valence-electron chi connectivity index (χ0n) is 14.9. The number of carbonyl (C=O) groups is 1. The van der Waals surface area contributed by atoms with Gasteiger partial charge in [0, 0.05) is 6.42 Å². The number of carbonyl (C=O) groups excluding carboxylic acids is 1. The van der Waals surface area contributed by atoms with Gasteiger partial charge in [0.2, 0.25) is 5.79 Å². The van der Waals surface area contributed by atoms with Crippen LogP contribution in [0, 0.1) is 0 Å². The van der Waals surface area contributed by atoms with Gasteiger partial charge in [-0.05, 0) is 47.5 Å². The van der Waals surface area contributed by atoms with Crippen molar-refractivity contribution in [1.82, 2.24) is 0 Å². The van der Waals surface area contributed by atoms with Crippen LogP contribution in [0.25, 0.3) is 0 Å². The molecule has 0 heterocycles. The molecule has 5 nitrogen and oxygen atoms in total. The van der Waals surface area contributed by atoms with Gasteiger partial charge in [0.25, 0.3) is 0 Å². The highest BCUT2D eigenvalue weighted by Crippen LogP contribution is 2.27. The normalized spacial score (nSPS) is 13.5. The van der Waals surface area contributed by atoms with E-state index in [4.69, 9.17) is 19.6 Å². The van der Waals surface area contributed by atoms with Crippen LogP contribution in [0.5, 0.6) is 0 Å². The summed E-state index contributed by atoms with van der Waals surface area (Å²) in [7, 11) is 0. The van der Waals surface area contributed by atoms with Gasteiger partial charge in [-0.1, -0.05) is 20.8 Å². The Hall–Kier alpha value is -0.490. The molecule has 0 aromatic carbocycles. The lowest BCUT2D eigenvalue weighted by Crippen LogP contribution is -2.41. The molecule has 0 aliphatic rings. The third kappa shape index (κ3) is 8.51. The fourth-order valence-corrected chi connectivity index (χ4v) is 1.08. The molecular formula is C16H32O5. The Bertz CT molecular complexity index is 303. The summed E-state index contributed by atoms with van der Waals surface area (Å²) in [5, 5.41) is 0. The minimum absolute atomic E-state index is 0.0216. The smallest absolute Gasteiger partial charge is 0.238 e. The monoisotopic (exact) mass is 304 g/mol. The zero-order valence-corrected chi connectivity index (χ0v) is 14.9. The maximum absolute atomic E-state index is 11.7. The molecule has 0 fully saturated rings. The summed E-state index contributed by atoms with van der Waals surface area (Å²) in [5.74, 6) is -1.24. The fraction of sp³-hybridized carbons (Fsp3) is 0.938. The number of Topliss-reactive ketones (excluding diaryl/α,β-unsaturated/α-hetero) is 1. The quantitative estimate of drug-likeness (QED) is 0.323. The first-order chi connectivity index (χ1) is 9.49. The van der Waals surface area contributed by atoms with E-state index in [2.05, 4.69) is 0 Å². The van der Waals surface area contributed by atoms with Crippen LogP contribution in [0.15, 0.2) is 0 Å². The van der Waals surface area contributed by atoms with Crippen molar-refractivity contribution in [1.29, 1.82) is 0 Å². The van der Waals surface area contributed by atoms with Crippen molar-refractivity contribution in [2.45, 2.75) is 98.1 Å². The van der Waals surface area contributed by atoms with Gasteiger partial charge in [0.1, 0.15) is 5.78 Å². The summed E-state index contributed by atoms with van der Waals surface area (Å²) in [6.07, 6.45) is 2.03. The summed E-state index contributed by atoms with van der Waals surface area (Å²) in [6, 6.07) is 0. The van der Waals surface area contributed by atoms with Crippen molar-refractivity contribution in [3.05, 3.63) is 0 Å². The van der Waals surface area contributed by atoms with Crippen LogP contribution in [-0.4, -0.2) is 22.8 Å². The van der Waals surface area contributed by atoms with Crippen molar-refractivity contribution < 1.29 is 24.3 Å². The second-order valence-corrected chi connectivity index (χ2v) is 6.76. The van der Waals surface area contributed by atoms with Crippen molar-refractivity contribution >= 4 is 5.78 Å². The average molecular weight is 304 g/mol. The third-order valence-electron chi connectivity index (χ3n) is 3.50. The lowest BCUT2D eigenvalue weighted by atomic mass is 10.1. The molecule has 0 bridgehead atoms. The lowest BCUT2D eigenvalue weighted by molar-refractivity contribution is -0.537. The van der Waals surface area contributed by atoms with E-state index in [0.717, 1.165) is 12.8 Å². The fourth-order valence-electron chi connectivity index (χ4n) is 1.08. The first-order valence-corrected chi connectivity index (χ1v) is 7.74. The van der Waals surface area contributed by atoms with Gasteiger partial charge in [-0.25, -0.2) is 9.78 Å². The predicted octanol–water partition coefficient (Wildman–Crippen LogP) is 4.35. The molecule has 0 aromatic heterocycles. The number of hydrogen-bond acceptors (Lipinski definition) is 5. The first kappa shape index (κ1) is 20.5. The van der Waals surface area contributed by atoms with E-state index in [1.165, 1.54) is 0 Å². The van der Waals surface area contributed by atoms with Crippen molar-refractivity contribution in [2.24, 2.45) is 0 Å². The van der Waals surface area contributed by atoms with E-state index in [-0.39, 0.29) is 12.2 Å². The molecule has 0 atom stereocenters. The Kier molecular flexibility index (Phi) is 8.03. The molecule has 126 valence electrons. The standard InChI is InChI=1S/C16H32O5/c1-9-13(17)12-16(8,20-18-14(4,5)10-2)21-19-15(6,7)11-3/h9-12H2,1-8H3. The number of hydrogen-bond donors (Lipinski definition) is 0. The van der Waals surface area contributed by atoms with E-state index < -0.39 is 17.0 Å². The van der Waals surface area contributed by atoms with Crippen molar-refractivity contribution in [3.63, 3.8) is 0 Å². The molecule has 0 amide bonds. The number of ketones is 1. The van der Waals surface area contributed by atoms with Crippen LogP contribution in [0.4, 0.5) is 0 Å². The van der Waals surface area contributed by atoms with Gasteiger partial charge in [0.15, 0.2) is 0 Å². The van der Waals surface area contributed by atoms with E-state index >= 15 is 0 Å². The van der Waals surface area contributed by atoms with E-state index in [0.29, 0.717) is 6.42 Å². The second-order valence-electron chi connectivity index (χ2n) is 6.76. The molecule has 0 N–H and O–H groups in total. The molecular weight excluding hydrogens is 272 g/mol. The second kappa shape index (κ2) is 8.22. The van der Waals surface area contributed by atoms with Crippen molar-refractivity contribution in [3.8, 4) is 0 Å². The lowest BCUT2D eigenvalue weighted by Gasteiger charge is -2.33. The third-order valence-corrected chi connectivity index (χ3v) is 3.50. The summed E-state index contributed by atoms with van der Waals surface area (Å²) in [5.41, 5.74) is -0.916. The summed E-state index contributed by atoms with van der Waals surface area (Å²) < 4.78 is 0. The van der Waals surface area contributed by atoms with Gasteiger partial charge in [-0.2, -0.15) is 9.78 Å². The van der Waals surface area contributed by atoms with Crippen LogP contribution in [-0.2, 0) is 24.3 Å². The molecule has 0 rings (SSSR count). The molecule has 0 aromatic rings. The van der Waals surface area contributed by atoms with Crippen LogP contribution in [0.3, 0.4) is 0 Å². The largest absolute Gasteiger partial charge is 0.300 e. The summed E-state index contributed by atoms with van der Waals surface area (Å²) in [6.45, 7) is 15.1. The SMILES string of the molecule is CCC(=O)CC(C)(OOC(C)(C)CC)OOC(C)(C)CC. The molecule has 0 saturated heterocycles. The van der Waals surface area contributed by atoms with E-state index in [1.54, 1.807) is 13.8 Å². The molecule has 0 aliphatic carbocycles. The highest BCUT2D eigenvalue weighted by Gasteiger charge is 2.36. The molecule has 21 heavy (non-hydrogen) atoms. The Labute approximate surface area is 129 Å². The molecule has 5 heteroatoms.